The van der Waals surface area contributed by atoms with Gasteiger partial charge in [0.25, 0.3) is 5.91 Å². The molecular formula is C17H16FNO4S. The second kappa shape index (κ2) is 6.60. The lowest BCUT2D eigenvalue weighted by Gasteiger charge is -2.26. The number of sulfone groups is 1. The maximum Gasteiger partial charge on any atom is 0.258 e. The molecule has 1 heterocycles. The Kier molecular flexibility index (Phi) is 4.53. The standard InChI is InChI=1S/C17H16FNO4S/c18-13-6-2-3-7-15(13)23-11-17(20)19-14-9-10-24(21,22)16-8-4-1-5-12(14)16/h1-8,14H,9-11H2,(H,19,20). The fraction of sp³-hybridized carbons (Fsp3) is 0.235. The molecule has 0 aliphatic carbocycles. The molecule has 2 aromatic rings. The van der Waals surface area contributed by atoms with Crippen molar-refractivity contribution < 1.29 is 22.3 Å². The number of carbonyl (C=O) groups excluding carboxylic acids is 1. The van der Waals surface area contributed by atoms with Crippen molar-refractivity contribution in [1.29, 1.82) is 0 Å². The second-order valence-corrected chi connectivity index (χ2v) is 7.56. The van der Waals surface area contributed by atoms with E-state index in [1.165, 1.54) is 18.2 Å². The number of carbonyl (C=O) groups is 1. The molecule has 0 saturated heterocycles. The summed E-state index contributed by atoms with van der Waals surface area (Å²) in [6.45, 7) is -0.341. The Labute approximate surface area is 139 Å². The van der Waals surface area contributed by atoms with Gasteiger partial charge < -0.3 is 10.1 Å². The lowest BCUT2D eigenvalue weighted by Crippen LogP contribution is -2.36. The normalized spacial score (nSPS) is 18.5. The van der Waals surface area contributed by atoms with Crippen molar-refractivity contribution >= 4 is 15.7 Å². The highest BCUT2D eigenvalue weighted by Crippen LogP contribution is 2.31. The van der Waals surface area contributed by atoms with Gasteiger partial charge in [0.2, 0.25) is 0 Å². The molecule has 0 radical (unpaired) electrons. The molecule has 0 aromatic heterocycles. The van der Waals surface area contributed by atoms with Crippen molar-refractivity contribution in [2.75, 3.05) is 12.4 Å². The van der Waals surface area contributed by atoms with Gasteiger partial charge in [0.15, 0.2) is 28.0 Å². The first-order chi connectivity index (χ1) is 11.5. The fourth-order valence-corrected chi connectivity index (χ4v) is 4.30. The summed E-state index contributed by atoms with van der Waals surface area (Å²) in [4.78, 5) is 12.3. The van der Waals surface area contributed by atoms with E-state index in [2.05, 4.69) is 5.32 Å². The molecule has 1 unspecified atom stereocenters. The van der Waals surface area contributed by atoms with Crippen LogP contribution in [0.15, 0.2) is 53.4 Å². The Balaban J connectivity index is 1.68. The first kappa shape index (κ1) is 16.4. The number of amides is 1. The van der Waals surface area contributed by atoms with E-state index in [0.29, 0.717) is 12.0 Å². The summed E-state index contributed by atoms with van der Waals surface area (Å²) in [5, 5.41) is 2.75. The number of nitrogens with one attached hydrogen (secondary N) is 1. The van der Waals surface area contributed by atoms with Gasteiger partial charge in [0.05, 0.1) is 16.7 Å². The smallest absolute Gasteiger partial charge is 0.258 e. The van der Waals surface area contributed by atoms with E-state index >= 15 is 0 Å². The minimum Gasteiger partial charge on any atom is -0.481 e. The second-order valence-electron chi connectivity index (χ2n) is 5.48. The van der Waals surface area contributed by atoms with Gasteiger partial charge >= 0.3 is 0 Å². The van der Waals surface area contributed by atoms with Crippen LogP contribution in [0.4, 0.5) is 4.39 Å². The average Bonchev–Trinajstić information content (AvgIpc) is 2.57. The zero-order valence-electron chi connectivity index (χ0n) is 12.7. The van der Waals surface area contributed by atoms with Crippen LogP contribution in [0.1, 0.15) is 18.0 Å². The SMILES string of the molecule is O=C(COc1ccccc1F)NC1CCS(=O)(=O)c2ccccc21. The van der Waals surface area contributed by atoms with E-state index in [4.69, 9.17) is 4.74 Å². The largest absolute Gasteiger partial charge is 0.481 e. The van der Waals surface area contributed by atoms with Gasteiger partial charge in [-0.15, -0.1) is 0 Å². The molecule has 5 nitrogen and oxygen atoms in total. The lowest BCUT2D eigenvalue weighted by molar-refractivity contribution is -0.123. The molecule has 1 aliphatic rings. The van der Waals surface area contributed by atoms with Crippen LogP contribution in [0.3, 0.4) is 0 Å². The number of halogens is 1. The Morgan fingerprint density at radius 1 is 1.17 bits per heavy atom. The lowest BCUT2D eigenvalue weighted by atomic mass is 10.0. The molecule has 0 spiro atoms. The summed E-state index contributed by atoms with van der Waals surface area (Å²) in [6.07, 6.45) is 0.296. The van der Waals surface area contributed by atoms with Crippen LogP contribution < -0.4 is 10.1 Å². The van der Waals surface area contributed by atoms with Crippen molar-refractivity contribution in [3.63, 3.8) is 0 Å². The van der Waals surface area contributed by atoms with Gasteiger partial charge in [0.1, 0.15) is 0 Å². The Morgan fingerprint density at radius 3 is 2.67 bits per heavy atom. The van der Waals surface area contributed by atoms with Crippen LogP contribution in [0, 0.1) is 5.82 Å². The third-order valence-electron chi connectivity index (χ3n) is 3.84. The number of rotatable bonds is 4. The van der Waals surface area contributed by atoms with Crippen molar-refractivity contribution in [3.05, 3.63) is 59.9 Å². The molecule has 1 atom stereocenters. The summed E-state index contributed by atoms with van der Waals surface area (Å²) in [7, 11) is -3.30. The predicted molar refractivity (Wildman–Crippen MR) is 85.9 cm³/mol. The van der Waals surface area contributed by atoms with E-state index in [9.17, 15) is 17.6 Å². The highest BCUT2D eigenvalue weighted by Gasteiger charge is 2.30. The molecule has 24 heavy (non-hydrogen) atoms. The van der Waals surface area contributed by atoms with Crippen molar-refractivity contribution in [2.24, 2.45) is 0 Å². The number of fused-ring (bicyclic) bond motifs is 1. The number of ether oxygens (including phenoxy) is 1. The summed E-state index contributed by atoms with van der Waals surface area (Å²) in [5.74, 6) is -1.00. The van der Waals surface area contributed by atoms with Crippen LogP contribution in [0.2, 0.25) is 0 Å². The van der Waals surface area contributed by atoms with E-state index in [-0.39, 0.29) is 23.0 Å². The van der Waals surface area contributed by atoms with E-state index in [1.54, 1.807) is 30.3 Å². The van der Waals surface area contributed by atoms with Crippen LogP contribution in [0.25, 0.3) is 0 Å². The molecule has 0 fully saturated rings. The third kappa shape index (κ3) is 3.41. The van der Waals surface area contributed by atoms with Gasteiger partial charge in [-0.25, -0.2) is 12.8 Å². The Hall–Kier alpha value is -2.41. The van der Waals surface area contributed by atoms with Gasteiger partial charge in [-0.3, -0.25) is 4.79 Å². The van der Waals surface area contributed by atoms with E-state index in [1.807, 2.05) is 0 Å². The van der Waals surface area contributed by atoms with Crippen molar-refractivity contribution in [1.82, 2.24) is 5.32 Å². The molecule has 1 amide bonds. The Morgan fingerprint density at radius 2 is 1.88 bits per heavy atom. The number of hydrogen-bond donors (Lipinski definition) is 1. The van der Waals surface area contributed by atoms with Crippen LogP contribution in [-0.2, 0) is 14.6 Å². The predicted octanol–water partition coefficient (Wildman–Crippen LogP) is 2.24. The summed E-state index contributed by atoms with van der Waals surface area (Å²) in [5.41, 5.74) is 0.572. The van der Waals surface area contributed by atoms with Crippen molar-refractivity contribution in [3.8, 4) is 5.75 Å². The highest BCUT2D eigenvalue weighted by molar-refractivity contribution is 7.91. The molecule has 1 N–H and O–H groups in total. The van der Waals surface area contributed by atoms with Gasteiger partial charge in [-0.1, -0.05) is 30.3 Å². The molecule has 1 aliphatic heterocycles. The highest BCUT2D eigenvalue weighted by atomic mass is 32.2. The monoisotopic (exact) mass is 349 g/mol. The molecular weight excluding hydrogens is 333 g/mol. The minimum atomic E-state index is -3.30. The average molecular weight is 349 g/mol. The molecule has 0 saturated carbocycles. The molecule has 0 bridgehead atoms. The Bertz CT molecular complexity index is 866. The number of hydrogen-bond acceptors (Lipinski definition) is 4. The summed E-state index contributed by atoms with van der Waals surface area (Å²) in [6, 6.07) is 12.0. The maximum atomic E-state index is 13.5. The minimum absolute atomic E-state index is 0.000674. The fourth-order valence-electron chi connectivity index (χ4n) is 2.68. The van der Waals surface area contributed by atoms with Crippen LogP contribution in [-0.4, -0.2) is 26.7 Å². The van der Waals surface area contributed by atoms with E-state index < -0.39 is 27.6 Å². The van der Waals surface area contributed by atoms with Gasteiger partial charge in [-0.05, 0) is 30.2 Å². The first-order valence-corrected chi connectivity index (χ1v) is 9.11. The zero-order valence-corrected chi connectivity index (χ0v) is 13.6. The van der Waals surface area contributed by atoms with Crippen LogP contribution in [0.5, 0.6) is 5.75 Å². The number of para-hydroxylation sites is 1. The topological polar surface area (TPSA) is 72.5 Å². The summed E-state index contributed by atoms with van der Waals surface area (Å²) < 4.78 is 42.8. The third-order valence-corrected chi connectivity index (χ3v) is 5.65. The molecule has 2 aromatic carbocycles. The first-order valence-electron chi connectivity index (χ1n) is 7.46. The van der Waals surface area contributed by atoms with Crippen LogP contribution >= 0.6 is 0 Å². The summed E-state index contributed by atoms with van der Waals surface area (Å²) >= 11 is 0. The molecule has 126 valence electrons. The number of benzene rings is 2. The van der Waals surface area contributed by atoms with Crippen molar-refractivity contribution in [2.45, 2.75) is 17.4 Å². The maximum absolute atomic E-state index is 13.5. The van der Waals surface area contributed by atoms with E-state index in [0.717, 1.165) is 0 Å². The van der Waals surface area contributed by atoms with Gasteiger partial charge in [-0.2, -0.15) is 0 Å². The molecule has 7 heteroatoms. The zero-order chi connectivity index (χ0) is 17.2. The quantitative estimate of drug-likeness (QED) is 0.919. The molecule has 3 rings (SSSR count). The van der Waals surface area contributed by atoms with Gasteiger partial charge in [0, 0.05) is 0 Å².